The molecule has 5 nitrogen and oxygen atoms in total. The number of amides is 1. The van der Waals surface area contributed by atoms with Gasteiger partial charge < -0.3 is 20.3 Å². The van der Waals surface area contributed by atoms with Gasteiger partial charge >= 0.3 is 6.36 Å². The molecule has 2 aromatic rings. The van der Waals surface area contributed by atoms with Crippen LogP contribution in [0.1, 0.15) is 17.2 Å². The SMILES string of the molecule is O=C(Cc1ccccc1O)N[C@@H](CO)c1ccccc1OC(F)(F)F. The molecular weight excluding hydrogens is 339 g/mol. The molecule has 0 radical (unpaired) electrons. The summed E-state index contributed by atoms with van der Waals surface area (Å²) in [5, 5.41) is 21.6. The Balaban J connectivity index is 2.15. The third-order valence-corrected chi connectivity index (χ3v) is 3.38. The highest BCUT2D eigenvalue weighted by Gasteiger charge is 2.33. The Morgan fingerprint density at radius 3 is 2.40 bits per heavy atom. The molecule has 0 aliphatic carbocycles. The van der Waals surface area contributed by atoms with Crippen LogP contribution in [0.2, 0.25) is 0 Å². The van der Waals surface area contributed by atoms with Crippen molar-refractivity contribution in [2.75, 3.05) is 6.61 Å². The molecule has 0 bridgehead atoms. The Morgan fingerprint density at radius 2 is 1.76 bits per heavy atom. The zero-order valence-electron chi connectivity index (χ0n) is 13.0. The highest BCUT2D eigenvalue weighted by atomic mass is 19.4. The molecule has 3 N–H and O–H groups in total. The van der Waals surface area contributed by atoms with E-state index in [1.165, 1.54) is 24.3 Å². The first-order chi connectivity index (χ1) is 11.8. The average molecular weight is 355 g/mol. The first-order valence-corrected chi connectivity index (χ1v) is 7.32. The number of benzene rings is 2. The Bertz CT molecular complexity index is 734. The molecule has 0 unspecified atom stereocenters. The van der Waals surface area contributed by atoms with Gasteiger partial charge in [0.15, 0.2) is 0 Å². The number of hydrogen-bond acceptors (Lipinski definition) is 4. The summed E-state index contributed by atoms with van der Waals surface area (Å²) in [6, 6.07) is 10.3. The van der Waals surface area contributed by atoms with Gasteiger partial charge in [0.1, 0.15) is 11.5 Å². The maximum Gasteiger partial charge on any atom is 0.573 e. The predicted octanol–water partition coefficient (Wildman–Crippen LogP) is 2.68. The van der Waals surface area contributed by atoms with E-state index >= 15 is 0 Å². The number of halogens is 3. The van der Waals surface area contributed by atoms with Gasteiger partial charge in [-0.15, -0.1) is 13.2 Å². The molecule has 2 rings (SSSR count). The third kappa shape index (κ3) is 5.39. The number of carbonyl (C=O) groups is 1. The van der Waals surface area contributed by atoms with Gasteiger partial charge in [0.05, 0.1) is 19.1 Å². The third-order valence-electron chi connectivity index (χ3n) is 3.38. The lowest BCUT2D eigenvalue weighted by atomic mass is 10.1. The largest absolute Gasteiger partial charge is 0.573 e. The quantitative estimate of drug-likeness (QED) is 0.744. The van der Waals surface area contributed by atoms with E-state index in [0.29, 0.717) is 5.56 Å². The van der Waals surface area contributed by atoms with Gasteiger partial charge in [-0.3, -0.25) is 4.79 Å². The van der Waals surface area contributed by atoms with E-state index in [-0.39, 0.29) is 17.7 Å². The number of rotatable bonds is 6. The molecule has 134 valence electrons. The second-order valence-corrected chi connectivity index (χ2v) is 5.19. The number of phenols is 1. The highest BCUT2D eigenvalue weighted by molar-refractivity contribution is 5.79. The number of ether oxygens (including phenoxy) is 1. The molecule has 0 saturated heterocycles. The lowest BCUT2D eigenvalue weighted by Crippen LogP contribution is -2.32. The molecule has 0 heterocycles. The molecular formula is C17H16F3NO4. The van der Waals surface area contributed by atoms with Gasteiger partial charge in [-0.25, -0.2) is 0 Å². The zero-order chi connectivity index (χ0) is 18.4. The van der Waals surface area contributed by atoms with Crippen LogP contribution in [0.15, 0.2) is 48.5 Å². The van der Waals surface area contributed by atoms with E-state index in [1.54, 1.807) is 18.2 Å². The Kier molecular flexibility index (Phi) is 5.87. The van der Waals surface area contributed by atoms with Crippen LogP contribution in [-0.2, 0) is 11.2 Å². The van der Waals surface area contributed by atoms with E-state index in [0.717, 1.165) is 6.07 Å². The monoisotopic (exact) mass is 355 g/mol. The first kappa shape index (κ1) is 18.6. The van der Waals surface area contributed by atoms with Crippen molar-refractivity contribution in [3.05, 3.63) is 59.7 Å². The molecule has 0 fully saturated rings. The van der Waals surface area contributed by atoms with Crippen molar-refractivity contribution in [1.82, 2.24) is 5.32 Å². The van der Waals surface area contributed by atoms with Crippen molar-refractivity contribution in [2.45, 2.75) is 18.8 Å². The molecule has 1 amide bonds. The molecule has 0 saturated carbocycles. The van der Waals surface area contributed by atoms with Crippen LogP contribution in [-0.4, -0.2) is 29.1 Å². The van der Waals surface area contributed by atoms with E-state index in [1.807, 2.05) is 0 Å². The van der Waals surface area contributed by atoms with Gasteiger partial charge in [0, 0.05) is 11.1 Å². The number of phenolic OH excluding ortho intramolecular Hbond substituents is 1. The van der Waals surface area contributed by atoms with Crippen molar-refractivity contribution in [2.24, 2.45) is 0 Å². The normalized spacial score (nSPS) is 12.5. The molecule has 25 heavy (non-hydrogen) atoms. The number of nitrogens with one attached hydrogen (secondary N) is 1. The number of aliphatic hydroxyl groups is 1. The van der Waals surface area contributed by atoms with E-state index < -0.39 is 30.7 Å². The lowest BCUT2D eigenvalue weighted by molar-refractivity contribution is -0.275. The summed E-state index contributed by atoms with van der Waals surface area (Å²) in [4.78, 5) is 12.1. The summed E-state index contributed by atoms with van der Waals surface area (Å²) in [7, 11) is 0. The summed E-state index contributed by atoms with van der Waals surface area (Å²) in [6.07, 6.45) is -5.08. The number of carbonyl (C=O) groups excluding carboxylic acids is 1. The van der Waals surface area contributed by atoms with Crippen LogP contribution in [0.25, 0.3) is 0 Å². The predicted molar refractivity (Wildman–Crippen MR) is 82.9 cm³/mol. The fraction of sp³-hybridized carbons (Fsp3) is 0.235. The minimum Gasteiger partial charge on any atom is -0.508 e. The molecule has 2 aromatic carbocycles. The second-order valence-electron chi connectivity index (χ2n) is 5.19. The molecule has 0 spiro atoms. The van der Waals surface area contributed by atoms with Crippen molar-refractivity contribution >= 4 is 5.91 Å². The lowest BCUT2D eigenvalue weighted by Gasteiger charge is -2.20. The summed E-state index contributed by atoms with van der Waals surface area (Å²) in [5.41, 5.74) is 0.351. The van der Waals surface area contributed by atoms with Crippen LogP contribution >= 0.6 is 0 Å². The van der Waals surface area contributed by atoms with Crippen molar-refractivity contribution in [1.29, 1.82) is 0 Å². The average Bonchev–Trinajstić information content (AvgIpc) is 2.54. The highest BCUT2D eigenvalue weighted by Crippen LogP contribution is 2.30. The number of aliphatic hydroxyl groups excluding tert-OH is 1. The van der Waals surface area contributed by atoms with Crippen molar-refractivity contribution in [3.63, 3.8) is 0 Å². The van der Waals surface area contributed by atoms with Crippen LogP contribution in [0, 0.1) is 0 Å². The van der Waals surface area contributed by atoms with Crippen LogP contribution in [0.3, 0.4) is 0 Å². The Morgan fingerprint density at radius 1 is 1.12 bits per heavy atom. The van der Waals surface area contributed by atoms with Gasteiger partial charge in [0.2, 0.25) is 5.91 Å². The smallest absolute Gasteiger partial charge is 0.508 e. The van der Waals surface area contributed by atoms with Gasteiger partial charge in [-0.1, -0.05) is 36.4 Å². The Hall–Kier alpha value is -2.74. The summed E-state index contributed by atoms with van der Waals surface area (Å²) >= 11 is 0. The maximum atomic E-state index is 12.5. The molecule has 0 aliphatic rings. The van der Waals surface area contributed by atoms with Crippen molar-refractivity contribution < 1.29 is 32.9 Å². The summed E-state index contributed by atoms with van der Waals surface area (Å²) in [5.74, 6) is -1.14. The minimum atomic E-state index is -4.89. The number of para-hydroxylation sites is 2. The molecule has 0 aromatic heterocycles. The molecule has 0 aliphatic heterocycles. The zero-order valence-corrected chi connectivity index (χ0v) is 13.0. The van der Waals surface area contributed by atoms with Gasteiger partial charge in [-0.2, -0.15) is 0 Å². The minimum absolute atomic E-state index is 0.00652. The molecule has 1 atom stereocenters. The number of hydrogen-bond donors (Lipinski definition) is 3. The van der Waals surface area contributed by atoms with Crippen LogP contribution < -0.4 is 10.1 Å². The topological polar surface area (TPSA) is 78.8 Å². The standard InChI is InChI=1S/C17H16F3NO4/c18-17(19,20)25-15-8-4-2-6-12(15)13(10-22)21-16(24)9-11-5-1-3-7-14(11)23/h1-8,13,22-23H,9-10H2,(H,21,24)/t13-/m0/s1. The summed E-state index contributed by atoms with van der Waals surface area (Å²) < 4.78 is 41.4. The molecule has 8 heteroatoms. The van der Waals surface area contributed by atoms with E-state index in [2.05, 4.69) is 10.1 Å². The van der Waals surface area contributed by atoms with E-state index in [9.17, 15) is 28.2 Å². The second kappa shape index (κ2) is 7.89. The maximum absolute atomic E-state index is 12.5. The van der Waals surface area contributed by atoms with Gasteiger partial charge in [0.25, 0.3) is 0 Å². The number of aromatic hydroxyl groups is 1. The fourth-order valence-electron chi connectivity index (χ4n) is 2.29. The number of alkyl halides is 3. The first-order valence-electron chi connectivity index (χ1n) is 7.32. The fourth-order valence-corrected chi connectivity index (χ4v) is 2.29. The van der Waals surface area contributed by atoms with E-state index in [4.69, 9.17) is 0 Å². The van der Waals surface area contributed by atoms with Crippen LogP contribution in [0.4, 0.5) is 13.2 Å². The van der Waals surface area contributed by atoms with Crippen molar-refractivity contribution in [3.8, 4) is 11.5 Å². The summed E-state index contributed by atoms with van der Waals surface area (Å²) in [6.45, 7) is -0.620. The van der Waals surface area contributed by atoms with Crippen LogP contribution in [0.5, 0.6) is 11.5 Å². The van der Waals surface area contributed by atoms with Gasteiger partial charge in [-0.05, 0) is 12.1 Å². The Labute approximate surface area is 141 Å².